The highest BCUT2D eigenvalue weighted by Crippen LogP contribution is 2.51. The van der Waals surface area contributed by atoms with E-state index in [0.717, 1.165) is 22.4 Å². The van der Waals surface area contributed by atoms with Crippen LogP contribution >= 0.6 is 23.2 Å². The van der Waals surface area contributed by atoms with Crippen LogP contribution < -0.4 is 34.1 Å². The van der Waals surface area contributed by atoms with Gasteiger partial charge in [0.25, 0.3) is 0 Å². The highest BCUT2D eigenvalue weighted by atomic mass is 35.5. The minimum Gasteiger partial charge on any atom is -0.497 e. The number of benzene rings is 4. The van der Waals surface area contributed by atoms with E-state index >= 15 is 17.6 Å². The average molecular weight is 930 g/mol. The van der Waals surface area contributed by atoms with Gasteiger partial charge in [0.1, 0.15) is 53.2 Å². The van der Waals surface area contributed by atoms with E-state index in [0.29, 0.717) is 29.4 Å². The van der Waals surface area contributed by atoms with Gasteiger partial charge in [0, 0.05) is 31.4 Å². The number of pyridine rings is 1. The molecule has 7 aromatic rings. The lowest BCUT2D eigenvalue weighted by Crippen LogP contribution is -2.31. The fourth-order valence-electron chi connectivity index (χ4n) is 7.88. The van der Waals surface area contributed by atoms with Crippen LogP contribution in [0.3, 0.4) is 0 Å². The summed E-state index contributed by atoms with van der Waals surface area (Å²) in [7, 11) is 4.70. The Morgan fingerprint density at radius 2 is 1.43 bits per heavy atom. The highest BCUT2D eigenvalue weighted by molar-refractivity contribution is 6.37. The number of hydrogen-bond donors (Lipinski definition) is 1. The summed E-state index contributed by atoms with van der Waals surface area (Å²) in [6.45, 7) is 4.17. The fraction of sp³-hybridized carbons (Fsp3) is 0.255. The van der Waals surface area contributed by atoms with Crippen molar-refractivity contribution in [3.05, 3.63) is 141 Å². The maximum Gasteiger partial charge on any atom is 0.418 e. The molecule has 18 heteroatoms. The van der Waals surface area contributed by atoms with Gasteiger partial charge in [-0.3, -0.25) is 0 Å². The summed E-state index contributed by atoms with van der Waals surface area (Å²) in [6, 6.07) is 22.9. The minimum absolute atomic E-state index is 0.0247. The van der Waals surface area contributed by atoms with Crippen LogP contribution in [0, 0.1) is 12.7 Å². The zero-order valence-electron chi connectivity index (χ0n) is 35.8. The molecular formula is C47H42Cl2F4N8O4. The number of hydrogen-bond acceptors (Lipinski definition) is 12. The lowest BCUT2D eigenvalue weighted by molar-refractivity contribution is -0.137. The summed E-state index contributed by atoms with van der Waals surface area (Å²) in [5.41, 5.74) is 0.0693. The van der Waals surface area contributed by atoms with Crippen LogP contribution in [-0.2, 0) is 25.8 Å². The highest BCUT2D eigenvalue weighted by Gasteiger charge is 2.41. The molecule has 1 aliphatic rings. The van der Waals surface area contributed by atoms with Crippen molar-refractivity contribution in [3.8, 4) is 34.3 Å². The smallest absolute Gasteiger partial charge is 0.418 e. The summed E-state index contributed by atoms with van der Waals surface area (Å²) in [6.07, 6.45) is -1.91. The molecule has 3 aromatic heterocycles. The summed E-state index contributed by atoms with van der Waals surface area (Å²) >= 11 is 13.7. The van der Waals surface area contributed by atoms with E-state index in [2.05, 4.69) is 30.2 Å². The molecule has 1 aliphatic heterocycles. The van der Waals surface area contributed by atoms with E-state index in [1.807, 2.05) is 60.4 Å². The van der Waals surface area contributed by atoms with Gasteiger partial charge < -0.3 is 34.1 Å². The molecule has 0 spiro atoms. The first-order chi connectivity index (χ1) is 31.3. The molecule has 0 saturated heterocycles. The first-order valence-electron chi connectivity index (χ1n) is 20.3. The summed E-state index contributed by atoms with van der Waals surface area (Å²) in [5, 5.41) is 2.60. The fourth-order valence-corrected chi connectivity index (χ4v) is 8.36. The maximum absolute atomic E-state index is 17.6. The van der Waals surface area contributed by atoms with Crippen LogP contribution in [-0.4, -0.2) is 59.4 Å². The molecule has 0 bridgehead atoms. The quantitative estimate of drug-likeness (QED) is 0.0826. The second kappa shape index (κ2) is 18.8. The van der Waals surface area contributed by atoms with E-state index < -0.39 is 45.4 Å². The molecule has 0 amide bonds. The Kier molecular flexibility index (Phi) is 13.0. The predicted molar refractivity (Wildman–Crippen MR) is 242 cm³/mol. The third-order valence-corrected chi connectivity index (χ3v) is 11.7. The molecule has 65 heavy (non-hydrogen) atoms. The van der Waals surface area contributed by atoms with E-state index in [9.17, 15) is 0 Å². The van der Waals surface area contributed by atoms with Gasteiger partial charge in [-0.15, -0.1) is 0 Å². The van der Waals surface area contributed by atoms with Crippen molar-refractivity contribution < 1.29 is 36.5 Å². The second-order valence-corrected chi connectivity index (χ2v) is 15.9. The zero-order chi connectivity index (χ0) is 46.0. The monoisotopic (exact) mass is 928 g/mol. The van der Waals surface area contributed by atoms with Crippen molar-refractivity contribution in [2.45, 2.75) is 45.7 Å². The van der Waals surface area contributed by atoms with Crippen molar-refractivity contribution >= 4 is 51.6 Å². The Balaban J connectivity index is 1.24. The summed E-state index contributed by atoms with van der Waals surface area (Å²) < 4.78 is 85.6. The number of aromatic nitrogens is 5. The van der Waals surface area contributed by atoms with Gasteiger partial charge >= 0.3 is 6.18 Å². The second-order valence-electron chi connectivity index (χ2n) is 15.2. The van der Waals surface area contributed by atoms with Gasteiger partial charge in [0.05, 0.1) is 61.1 Å². The third kappa shape index (κ3) is 9.31. The Morgan fingerprint density at radius 1 is 0.846 bits per heavy atom. The summed E-state index contributed by atoms with van der Waals surface area (Å²) in [5.74, 6) is 1.48. The number of ether oxygens (including phenoxy) is 4. The summed E-state index contributed by atoms with van der Waals surface area (Å²) in [4.78, 5) is 25.8. The first-order valence-corrected chi connectivity index (χ1v) is 21.1. The Labute approximate surface area is 382 Å². The van der Waals surface area contributed by atoms with E-state index in [1.54, 1.807) is 56.7 Å². The largest absolute Gasteiger partial charge is 0.497 e. The molecule has 4 heterocycles. The van der Waals surface area contributed by atoms with E-state index in [1.165, 1.54) is 19.3 Å². The zero-order valence-corrected chi connectivity index (χ0v) is 37.3. The van der Waals surface area contributed by atoms with E-state index in [4.69, 9.17) is 42.1 Å². The maximum atomic E-state index is 17.6. The van der Waals surface area contributed by atoms with Gasteiger partial charge in [-0.2, -0.15) is 18.2 Å². The first kappa shape index (κ1) is 44.9. The number of nitrogens with zero attached hydrogens (tertiary/aromatic N) is 7. The topological polar surface area (TPSA) is 120 Å². The standard InChI is InChI=1S/C47H42Cl2F4N8O4/c1-26-20-35(60(23-29-8-14-32(63-4)15-9-29)24-30-10-16-33(64-5)17-11-30)57-41(38(26)47(51,52)53)36-39(48)43-37-42(40(36)50)58-46(49)59-45(37)61(18-19-65-43)27(2)34-22-54-25-56-44(34)55-21-28-6-12-31(62-3)13-7-28/h6-17,20,22,25,27H,18-19,21,23-24H2,1-5H3,(H,54,55,56)/t27-/m1/s1. The number of nitrogens with one attached hydrogen (secondary N) is 1. The molecular weight excluding hydrogens is 887 g/mol. The van der Waals surface area contributed by atoms with Crippen LogP contribution in [0.2, 0.25) is 10.3 Å². The van der Waals surface area contributed by atoms with Crippen LogP contribution in [0.25, 0.3) is 22.2 Å². The third-order valence-electron chi connectivity index (χ3n) is 11.2. The predicted octanol–water partition coefficient (Wildman–Crippen LogP) is 11.1. The van der Waals surface area contributed by atoms with Gasteiger partial charge in [-0.25, -0.2) is 24.3 Å². The lowest BCUT2D eigenvalue weighted by Gasteiger charge is -2.30. The number of aryl methyl sites for hydroxylation is 1. The van der Waals surface area contributed by atoms with Crippen molar-refractivity contribution in [3.63, 3.8) is 0 Å². The van der Waals surface area contributed by atoms with Crippen molar-refractivity contribution in [1.82, 2.24) is 24.9 Å². The Hall–Kier alpha value is -6.65. The lowest BCUT2D eigenvalue weighted by atomic mass is 9.98. The molecule has 8 rings (SSSR count). The number of alkyl halides is 3. The van der Waals surface area contributed by atoms with Crippen molar-refractivity contribution in [2.24, 2.45) is 0 Å². The number of methoxy groups -OCH3 is 3. The van der Waals surface area contributed by atoms with Gasteiger partial charge in [0.15, 0.2) is 11.6 Å². The Bertz CT molecular complexity index is 2790. The van der Waals surface area contributed by atoms with Crippen LogP contribution in [0.5, 0.6) is 23.0 Å². The molecule has 1 N–H and O–H groups in total. The number of anilines is 3. The van der Waals surface area contributed by atoms with Crippen LogP contribution in [0.4, 0.5) is 35.0 Å². The number of halogens is 6. The normalized spacial score (nSPS) is 12.9. The molecule has 12 nitrogen and oxygen atoms in total. The molecule has 0 unspecified atom stereocenters. The van der Waals surface area contributed by atoms with Crippen LogP contribution in [0.1, 0.15) is 46.3 Å². The van der Waals surface area contributed by atoms with Crippen LogP contribution in [0.15, 0.2) is 91.4 Å². The molecule has 0 fully saturated rings. The molecule has 0 radical (unpaired) electrons. The SMILES string of the molecule is COc1ccc(CNc2ncncc2[C@@H](C)N2CCOc3c(Cl)c(-c4nc(N(Cc5ccc(OC)cc5)Cc5ccc(OC)cc5)cc(C)c4C(F)(F)F)c(F)c4nc(Cl)nc2c34)cc1. The van der Waals surface area contributed by atoms with Gasteiger partial charge in [0.2, 0.25) is 5.28 Å². The van der Waals surface area contributed by atoms with Crippen molar-refractivity contribution in [2.75, 3.05) is 49.6 Å². The molecule has 0 aliphatic carbocycles. The molecule has 4 aromatic carbocycles. The molecule has 1 atom stereocenters. The van der Waals surface area contributed by atoms with Gasteiger partial charge in [-0.05, 0) is 90.2 Å². The molecule has 336 valence electrons. The Morgan fingerprint density at radius 3 is 2.00 bits per heavy atom. The van der Waals surface area contributed by atoms with E-state index in [-0.39, 0.29) is 59.9 Å². The minimum atomic E-state index is -4.99. The van der Waals surface area contributed by atoms with Gasteiger partial charge in [-0.1, -0.05) is 48.0 Å². The van der Waals surface area contributed by atoms with Crippen molar-refractivity contribution in [1.29, 1.82) is 0 Å². The molecule has 0 saturated carbocycles. The number of rotatable bonds is 14. The average Bonchev–Trinajstić information content (AvgIpc) is 3.50.